The fourth-order valence-corrected chi connectivity index (χ4v) is 4.02. The van der Waals surface area contributed by atoms with E-state index in [4.69, 9.17) is 0 Å². The van der Waals surface area contributed by atoms with Gasteiger partial charge in [0.1, 0.15) is 28.6 Å². The molecule has 0 aliphatic heterocycles. The Morgan fingerprint density at radius 1 is 1.25 bits per heavy atom. The molecule has 0 fully saturated rings. The molecule has 1 unspecified atom stereocenters. The molecule has 4 N–H and O–H groups in total. The number of hydrogen-bond donors (Lipinski definition) is 4. The molecule has 3 aromatic rings. The quantitative estimate of drug-likeness (QED) is 0.264. The maximum atomic E-state index is 14.5. The Bertz CT molecular complexity index is 1490. The Hall–Kier alpha value is -4.55. The van der Waals surface area contributed by atoms with Gasteiger partial charge in [0.25, 0.3) is 5.56 Å². The molecule has 3 rings (SSSR count). The highest BCUT2D eigenvalue weighted by Crippen LogP contribution is 2.21. The number of aromatic amines is 1. The Kier molecular flexibility index (Phi) is 9.75. The van der Waals surface area contributed by atoms with Gasteiger partial charge < -0.3 is 30.2 Å². The summed E-state index contributed by atoms with van der Waals surface area (Å²) >= 11 is 0. The molecule has 13 heteroatoms. The molecular weight excluding hydrogens is 521 g/mol. The SMILES string of the molecule is Cc1ccc(NC(=O)C(CC/C=C/C(=O)N(C)C)NC(=O)O)c(=O)n1Cc1nc2c(CC(C)C)ncc(F)c2[nH]1. The van der Waals surface area contributed by atoms with Crippen molar-refractivity contribution in [1.82, 2.24) is 29.7 Å². The van der Waals surface area contributed by atoms with E-state index in [1.54, 1.807) is 33.2 Å². The summed E-state index contributed by atoms with van der Waals surface area (Å²) in [4.78, 5) is 62.2. The second-order valence-electron chi connectivity index (χ2n) is 10.0. The summed E-state index contributed by atoms with van der Waals surface area (Å²) in [6.45, 7) is 5.72. The number of rotatable bonds is 11. The Labute approximate surface area is 230 Å². The zero-order chi connectivity index (χ0) is 29.6. The van der Waals surface area contributed by atoms with Crippen LogP contribution in [-0.2, 0) is 22.6 Å². The number of carboxylic acid groups (broad SMARTS) is 1. The number of allylic oxidation sites excluding steroid dienone is 1. The lowest BCUT2D eigenvalue weighted by molar-refractivity contribution is -0.123. The molecule has 0 saturated carbocycles. The van der Waals surface area contributed by atoms with Gasteiger partial charge in [-0.2, -0.15) is 0 Å². The summed E-state index contributed by atoms with van der Waals surface area (Å²) in [6, 6.07) is 1.89. The van der Waals surface area contributed by atoms with Crippen molar-refractivity contribution in [1.29, 1.82) is 0 Å². The number of pyridine rings is 2. The minimum absolute atomic E-state index is 0.0227. The Morgan fingerprint density at radius 2 is 1.98 bits per heavy atom. The lowest BCUT2D eigenvalue weighted by atomic mass is 10.1. The summed E-state index contributed by atoms with van der Waals surface area (Å²) in [5.74, 6) is -0.902. The number of aromatic nitrogens is 4. The molecular formula is C27H34FN7O5. The topological polar surface area (TPSA) is 162 Å². The second-order valence-corrected chi connectivity index (χ2v) is 10.0. The van der Waals surface area contributed by atoms with Gasteiger partial charge in [0.2, 0.25) is 11.8 Å². The van der Waals surface area contributed by atoms with E-state index in [0.29, 0.717) is 29.1 Å². The second kappa shape index (κ2) is 13.0. The van der Waals surface area contributed by atoms with Crippen molar-refractivity contribution in [2.24, 2.45) is 5.92 Å². The third kappa shape index (κ3) is 7.52. The van der Waals surface area contributed by atoms with Gasteiger partial charge in [-0.15, -0.1) is 0 Å². The van der Waals surface area contributed by atoms with Gasteiger partial charge in [-0.3, -0.25) is 19.4 Å². The summed E-state index contributed by atoms with van der Waals surface area (Å²) in [7, 11) is 3.19. The number of imidazole rings is 1. The number of anilines is 1. The molecule has 0 aliphatic carbocycles. The lowest BCUT2D eigenvalue weighted by Gasteiger charge is -2.17. The van der Waals surface area contributed by atoms with E-state index in [0.717, 1.165) is 6.20 Å². The molecule has 3 amide bonds. The number of aryl methyl sites for hydroxylation is 1. The molecule has 3 heterocycles. The number of carbonyl (C=O) groups excluding carboxylic acids is 2. The molecule has 0 saturated heterocycles. The van der Waals surface area contributed by atoms with Crippen LogP contribution in [0.5, 0.6) is 0 Å². The van der Waals surface area contributed by atoms with E-state index < -0.39 is 29.4 Å². The zero-order valence-corrected chi connectivity index (χ0v) is 23.1. The number of carbonyl (C=O) groups is 3. The summed E-state index contributed by atoms with van der Waals surface area (Å²) < 4.78 is 15.8. The van der Waals surface area contributed by atoms with Gasteiger partial charge in [-0.25, -0.2) is 14.2 Å². The van der Waals surface area contributed by atoms with Crippen LogP contribution in [0.3, 0.4) is 0 Å². The summed E-state index contributed by atoms with van der Waals surface area (Å²) in [5, 5.41) is 13.8. The molecule has 12 nitrogen and oxygen atoms in total. The average molecular weight is 556 g/mol. The first kappa shape index (κ1) is 30.0. The smallest absolute Gasteiger partial charge is 0.405 e. The van der Waals surface area contributed by atoms with Crippen LogP contribution >= 0.6 is 0 Å². The normalized spacial score (nSPS) is 12.2. The number of H-pyrrole nitrogens is 1. The maximum absolute atomic E-state index is 14.5. The minimum Gasteiger partial charge on any atom is -0.465 e. The average Bonchev–Trinajstić information content (AvgIpc) is 3.31. The number of nitrogens with one attached hydrogen (secondary N) is 3. The number of fused-ring (bicyclic) bond motifs is 1. The van der Waals surface area contributed by atoms with Crippen molar-refractivity contribution in [2.75, 3.05) is 19.4 Å². The largest absolute Gasteiger partial charge is 0.465 e. The van der Waals surface area contributed by atoms with Crippen LogP contribution in [0, 0.1) is 18.7 Å². The zero-order valence-electron chi connectivity index (χ0n) is 23.1. The predicted molar refractivity (Wildman–Crippen MR) is 148 cm³/mol. The Balaban J connectivity index is 1.82. The van der Waals surface area contributed by atoms with E-state index in [1.807, 2.05) is 13.8 Å². The molecule has 0 bridgehead atoms. The highest BCUT2D eigenvalue weighted by molar-refractivity contribution is 5.96. The van der Waals surface area contributed by atoms with E-state index in [9.17, 15) is 28.7 Å². The molecule has 3 aromatic heterocycles. The number of nitrogens with zero attached hydrogens (tertiary/aromatic N) is 4. The highest BCUT2D eigenvalue weighted by atomic mass is 19.1. The number of likely N-dealkylation sites (N-methyl/N-ethyl adjacent to an activating group) is 1. The van der Waals surface area contributed by atoms with Crippen molar-refractivity contribution in [3.63, 3.8) is 0 Å². The van der Waals surface area contributed by atoms with Crippen LogP contribution in [0.4, 0.5) is 14.9 Å². The molecule has 1 atom stereocenters. The van der Waals surface area contributed by atoms with Crippen LogP contribution in [0.25, 0.3) is 11.0 Å². The van der Waals surface area contributed by atoms with Crippen molar-refractivity contribution in [3.8, 4) is 0 Å². The lowest BCUT2D eigenvalue weighted by Crippen LogP contribution is -2.44. The standard InChI is InChI=1S/C27H34FN7O5/c1-15(2)12-20-24-23(17(28)13-29-20)32-21(33-24)14-35-16(3)10-11-19(26(35)38)30-25(37)18(31-27(39)40)8-6-7-9-22(36)34(4)5/h7,9-11,13,15,18,31H,6,8,12,14H2,1-5H3,(H,30,37)(H,32,33)(H,39,40)/b9-7+. The molecule has 0 aliphatic rings. The van der Waals surface area contributed by atoms with E-state index in [1.165, 1.54) is 21.6 Å². The van der Waals surface area contributed by atoms with Crippen LogP contribution in [0.2, 0.25) is 0 Å². The third-order valence-electron chi connectivity index (χ3n) is 6.10. The number of amides is 3. The maximum Gasteiger partial charge on any atom is 0.405 e. The fraction of sp³-hybridized carbons (Fsp3) is 0.407. The van der Waals surface area contributed by atoms with Crippen molar-refractivity contribution < 1.29 is 23.9 Å². The summed E-state index contributed by atoms with van der Waals surface area (Å²) in [5.41, 5.74) is 1.23. The molecule has 0 aromatic carbocycles. The number of halogens is 1. The van der Waals surface area contributed by atoms with Crippen molar-refractivity contribution >= 4 is 34.6 Å². The van der Waals surface area contributed by atoms with E-state index in [2.05, 4.69) is 25.6 Å². The van der Waals surface area contributed by atoms with Crippen LogP contribution in [0.1, 0.15) is 43.9 Å². The first-order valence-electron chi connectivity index (χ1n) is 12.8. The van der Waals surface area contributed by atoms with Gasteiger partial charge in [-0.1, -0.05) is 19.9 Å². The molecule has 0 radical (unpaired) electrons. The van der Waals surface area contributed by atoms with Gasteiger partial charge in [0.15, 0.2) is 5.82 Å². The van der Waals surface area contributed by atoms with E-state index in [-0.39, 0.29) is 42.4 Å². The summed E-state index contributed by atoms with van der Waals surface area (Å²) in [6.07, 6.45) is 3.53. The first-order valence-corrected chi connectivity index (χ1v) is 12.8. The predicted octanol–water partition coefficient (Wildman–Crippen LogP) is 2.81. The minimum atomic E-state index is -1.40. The van der Waals surface area contributed by atoms with Gasteiger partial charge in [0, 0.05) is 19.8 Å². The van der Waals surface area contributed by atoms with Crippen molar-refractivity contribution in [3.05, 3.63) is 63.9 Å². The number of hydrogen-bond acceptors (Lipinski definition) is 6. The van der Waals surface area contributed by atoms with Crippen LogP contribution < -0.4 is 16.2 Å². The highest BCUT2D eigenvalue weighted by Gasteiger charge is 2.22. The Morgan fingerprint density at radius 3 is 2.62 bits per heavy atom. The first-order chi connectivity index (χ1) is 18.9. The third-order valence-corrected chi connectivity index (χ3v) is 6.10. The van der Waals surface area contributed by atoms with Crippen LogP contribution in [0.15, 0.2) is 35.3 Å². The van der Waals surface area contributed by atoms with Gasteiger partial charge in [-0.05, 0) is 50.3 Å². The van der Waals surface area contributed by atoms with Crippen LogP contribution in [-0.4, -0.2) is 67.6 Å². The van der Waals surface area contributed by atoms with Crippen molar-refractivity contribution in [2.45, 2.75) is 52.6 Å². The monoisotopic (exact) mass is 555 g/mol. The molecule has 40 heavy (non-hydrogen) atoms. The molecule has 214 valence electrons. The van der Waals surface area contributed by atoms with Gasteiger partial charge in [0.05, 0.1) is 18.4 Å². The van der Waals surface area contributed by atoms with E-state index >= 15 is 0 Å². The fourth-order valence-electron chi connectivity index (χ4n) is 4.02. The molecule has 0 spiro atoms. The van der Waals surface area contributed by atoms with Gasteiger partial charge >= 0.3 is 6.09 Å².